The van der Waals surface area contributed by atoms with Crippen LogP contribution in [0.25, 0.3) is 0 Å². The largest absolute Gasteiger partial charge is 0.264 e. The maximum atomic E-state index is 4.00. The summed E-state index contributed by atoms with van der Waals surface area (Å²) < 4.78 is 0. The van der Waals surface area contributed by atoms with Crippen LogP contribution in [0.3, 0.4) is 0 Å². The predicted octanol–water partition coefficient (Wildman–Crippen LogP) is 4.09. The molecule has 1 rings (SSSR count). The van der Waals surface area contributed by atoms with Gasteiger partial charge in [0.1, 0.15) is 0 Å². The highest BCUT2D eigenvalue weighted by Gasteiger charge is 1.85. The molecule has 0 saturated carbocycles. The smallest absolute Gasteiger partial charge is 0.0299 e. The Hall–Kier alpha value is -0.850. The zero-order valence-electron chi connectivity index (χ0n) is 9.67. The van der Waals surface area contributed by atoms with Crippen molar-refractivity contribution in [2.24, 2.45) is 0 Å². The van der Waals surface area contributed by atoms with Gasteiger partial charge in [-0.3, -0.25) is 4.98 Å². The molecule has 0 amide bonds. The second-order valence-electron chi connectivity index (χ2n) is 2.11. The van der Waals surface area contributed by atoms with Gasteiger partial charge in [0.2, 0.25) is 0 Å². The van der Waals surface area contributed by atoms with E-state index in [1.165, 1.54) is 12.0 Å². The highest BCUT2D eigenvalue weighted by Crippen LogP contribution is 1.98. The first kappa shape index (κ1) is 14.7. The number of rotatable bonds is 2. The molecule has 0 aliphatic rings. The Kier molecular flexibility index (Phi) is 15.5. The Morgan fingerprint density at radius 3 is 2.15 bits per heavy atom. The summed E-state index contributed by atoms with van der Waals surface area (Å²) in [4.78, 5) is 4.00. The van der Waals surface area contributed by atoms with E-state index < -0.39 is 0 Å². The van der Waals surface area contributed by atoms with E-state index in [2.05, 4.69) is 18.0 Å². The summed E-state index contributed by atoms with van der Waals surface area (Å²) in [5, 5.41) is 0. The topological polar surface area (TPSA) is 12.9 Å². The van der Waals surface area contributed by atoms with Gasteiger partial charge < -0.3 is 0 Å². The van der Waals surface area contributed by atoms with Gasteiger partial charge in [0.05, 0.1) is 0 Å². The lowest BCUT2D eigenvalue weighted by Gasteiger charge is -1.92. The number of hydrogen-bond acceptors (Lipinski definition) is 1. The van der Waals surface area contributed by atoms with Crippen LogP contribution >= 0.6 is 0 Å². The molecule has 0 fully saturated rings. The summed E-state index contributed by atoms with van der Waals surface area (Å²) in [6.45, 7) is 10.2. The fourth-order valence-electron chi connectivity index (χ4n) is 0.835. The van der Waals surface area contributed by atoms with Gasteiger partial charge in [-0.1, -0.05) is 47.1 Å². The maximum absolute atomic E-state index is 4.00. The highest BCUT2D eigenvalue weighted by molar-refractivity contribution is 5.07. The van der Waals surface area contributed by atoms with E-state index in [1.807, 2.05) is 40.0 Å². The number of pyridine rings is 1. The fourth-order valence-corrected chi connectivity index (χ4v) is 0.835. The average Bonchev–Trinajstić information content (AvgIpc) is 2.26. The first-order valence-corrected chi connectivity index (χ1v) is 5.32. The first-order chi connectivity index (χ1) is 6.43. The summed E-state index contributed by atoms with van der Waals surface area (Å²) in [5.74, 6) is 0. The molecule has 0 unspecified atom stereocenters. The molecule has 0 radical (unpaired) electrons. The Labute approximate surface area is 83.2 Å². The van der Waals surface area contributed by atoms with E-state index in [-0.39, 0.29) is 0 Å². The van der Waals surface area contributed by atoms with Crippen LogP contribution in [0.15, 0.2) is 24.5 Å². The van der Waals surface area contributed by atoms with Crippen LogP contribution in [-0.4, -0.2) is 4.98 Å². The Bertz CT molecular complexity index is 158. The van der Waals surface area contributed by atoms with Crippen molar-refractivity contribution in [3.8, 4) is 0 Å². The van der Waals surface area contributed by atoms with Crippen LogP contribution < -0.4 is 0 Å². The van der Waals surface area contributed by atoms with E-state index in [1.54, 1.807) is 6.20 Å². The normalized spacial score (nSPS) is 7.46. The fraction of sp³-hybridized carbons (Fsp3) is 0.583. The van der Waals surface area contributed by atoms with Crippen LogP contribution in [-0.2, 0) is 6.42 Å². The van der Waals surface area contributed by atoms with Crippen molar-refractivity contribution >= 4 is 0 Å². The van der Waals surface area contributed by atoms with Crippen LogP contribution in [0.2, 0.25) is 0 Å². The molecule has 0 spiro atoms. The number of aryl methyl sites for hydroxylation is 1. The lowest BCUT2D eigenvalue weighted by atomic mass is 10.2. The Morgan fingerprint density at radius 2 is 1.77 bits per heavy atom. The summed E-state index contributed by atoms with van der Waals surface area (Å²) in [7, 11) is 0. The van der Waals surface area contributed by atoms with Crippen molar-refractivity contribution in [1.82, 2.24) is 4.98 Å². The Balaban J connectivity index is 0. The van der Waals surface area contributed by atoms with Crippen LogP contribution in [0, 0.1) is 0 Å². The number of nitrogens with zero attached hydrogens (tertiary/aromatic N) is 1. The van der Waals surface area contributed by atoms with Gasteiger partial charge in [-0.25, -0.2) is 0 Å². The molecule has 0 atom stereocenters. The summed E-state index contributed by atoms with van der Waals surface area (Å²) >= 11 is 0. The predicted molar refractivity (Wildman–Crippen MR) is 60.9 cm³/mol. The van der Waals surface area contributed by atoms with Crippen molar-refractivity contribution in [3.05, 3.63) is 30.1 Å². The highest BCUT2D eigenvalue weighted by atomic mass is 14.6. The third kappa shape index (κ3) is 9.06. The van der Waals surface area contributed by atoms with Crippen molar-refractivity contribution < 1.29 is 0 Å². The monoisotopic (exact) mass is 181 g/mol. The average molecular weight is 181 g/mol. The van der Waals surface area contributed by atoms with Crippen molar-refractivity contribution in [2.45, 2.75) is 47.5 Å². The van der Waals surface area contributed by atoms with E-state index in [0.29, 0.717) is 0 Å². The standard InChI is InChI=1S/C8H11N.2C2H6/c1-2-4-8-5-3-6-9-7-8;2*1-2/h3,5-7H,2,4H2,1H3;2*1-2H3. The molecule has 0 bridgehead atoms. The van der Waals surface area contributed by atoms with E-state index in [4.69, 9.17) is 0 Å². The summed E-state index contributed by atoms with van der Waals surface area (Å²) in [6, 6.07) is 4.08. The second kappa shape index (κ2) is 13.7. The molecule has 0 N–H and O–H groups in total. The molecule has 1 heterocycles. The maximum Gasteiger partial charge on any atom is 0.0299 e. The third-order valence-corrected chi connectivity index (χ3v) is 1.26. The number of aromatic nitrogens is 1. The van der Waals surface area contributed by atoms with E-state index in [9.17, 15) is 0 Å². The minimum atomic E-state index is 1.15. The van der Waals surface area contributed by atoms with E-state index in [0.717, 1.165) is 6.42 Å². The van der Waals surface area contributed by atoms with Crippen LogP contribution in [0.1, 0.15) is 46.6 Å². The van der Waals surface area contributed by atoms with Crippen LogP contribution in [0.5, 0.6) is 0 Å². The minimum absolute atomic E-state index is 1.15. The summed E-state index contributed by atoms with van der Waals surface area (Å²) in [5.41, 5.74) is 1.33. The minimum Gasteiger partial charge on any atom is -0.264 e. The Morgan fingerprint density at radius 1 is 1.15 bits per heavy atom. The second-order valence-corrected chi connectivity index (χ2v) is 2.11. The van der Waals surface area contributed by atoms with Crippen LogP contribution in [0.4, 0.5) is 0 Å². The quantitative estimate of drug-likeness (QED) is 0.669. The van der Waals surface area contributed by atoms with Gasteiger partial charge in [0.25, 0.3) is 0 Å². The summed E-state index contributed by atoms with van der Waals surface area (Å²) in [6.07, 6.45) is 6.07. The third-order valence-electron chi connectivity index (χ3n) is 1.26. The molecule has 1 aromatic heterocycles. The zero-order valence-corrected chi connectivity index (χ0v) is 9.67. The van der Waals surface area contributed by atoms with Crippen molar-refractivity contribution in [2.75, 3.05) is 0 Å². The molecule has 76 valence electrons. The molecule has 0 aliphatic carbocycles. The van der Waals surface area contributed by atoms with Gasteiger partial charge in [-0.05, 0) is 18.1 Å². The molecule has 0 saturated heterocycles. The molecule has 0 aliphatic heterocycles. The van der Waals surface area contributed by atoms with Crippen molar-refractivity contribution in [1.29, 1.82) is 0 Å². The SMILES string of the molecule is CC.CC.CCCc1cccnc1. The molecular weight excluding hydrogens is 158 g/mol. The molecule has 0 aromatic carbocycles. The number of hydrogen-bond donors (Lipinski definition) is 0. The van der Waals surface area contributed by atoms with Gasteiger partial charge in [-0.15, -0.1) is 0 Å². The van der Waals surface area contributed by atoms with Gasteiger partial charge in [0.15, 0.2) is 0 Å². The molecule has 1 heteroatoms. The molecule has 13 heavy (non-hydrogen) atoms. The zero-order chi connectivity index (χ0) is 10.5. The van der Waals surface area contributed by atoms with Crippen molar-refractivity contribution in [3.63, 3.8) is 0 Å². The lowest BCUT2D eigenvalue weighted by molar-refractivity contribution is 0.914. The molecule has 1 aromatic rings. The van der Waals surface area contributed by atoms with Gasteiger partial charge >= 0.3 is 0 Å². The van der Waals surface area contributed by atoms with Gasteiger partial charge in [-0.2, -0.15) is 0 Å². The van der Waals surface area contributed by atoms with E-state index >= 15 is 0 Å². The van der Waals surface area contributed by atoms with Gasteiger partial charge in [0, 0.05) is 12.4 Å². The first-order valence-electron chi connectivity index (χ1n) is 5.32. The molecular formula is C12H23N. The lowest BCUT2D eigenvalue weighted by Crippen LogP contribution is -1.81. The molecule has 1 nitrogen and oxygen atoms in total.